The zero-order valence-corrected chi connectivity index (χ0v) is 10.2. The van der Waals surface area contributed by atoms with Gasteiger partial charge in [-0.2, -0.15) is 0 Å². The van der Waals surface area contributed by atoms with E-state index in [1.54, 1.807) is 7.05 Å². The summed E-state index contributed by atoms with van der Waals surface area (Å²) in [5, 5.41) is 2.95. The fraction of sp³-hybridized carbons (Fsp3) is 0.417. The Labute approximate surface area is 104 Å². The van der Waals surface area contributed by atoms with Gasteiger partial charge in [0, 0.05) is 31.1 Å². The highest BCUT2D eigenvalue weighted by molar-refractivity contribution is 5.96. The van der Waals surface area contributed by atoms with E-state index in [1.807, 2.05) is 0 Å². The predicted octanol–water partition coefficient (Wildman–Crippen LogP) is 1.30. The third-order valence-corrected chi connectivity index (χ3v) is 3.05. The number of rotatable bonds is 3. The molecular formula is C12H14F2N2O2. The topological polar surface area (TPSA) is 41.6 Å². The van der Waals surface area contributed by atoms with Crippen LogP contribution in [0, 0.1) is 11.6 Å². The molecule has 1 fully saturated rings. The maximum Gasteiger partial charge on any atom is 0.228 e. The average molecular weight is 256 g/mol. The predicted molar refractivity (Wildman–Crippen MR) is 62.7 cm³/mol. The van der Waals surface area contributed by atoms with E-state index in [1.165, 1.54) is 12.0 Å². The first-order chi connectivity index (χ1) is 8.56. The number of benzene rings is 1. The highest BCUT2D eigenvalue weighted by atomic mass is 19.1. The first-order valence-corrected chi connectivity index (χ1v) is 5.57. The van der Waals surface area contributed by atoms with Crippen LogP contribution in [0.1, 0.15) is 6.42 Å². The molecular weight excluding hydrogens is 242 g/mol. The number of nitrogens with zero attached hydrogens (tertiary/aromatic N) is 1. The van der Waals surface area contributed by atoms with Crippen molar-refractivity contribution in [3.05, 3.63) is 23.8 Å². The summed E-state index contributed by atoms with van der Waals surface area (Å²) in [5.41, 5.74) is -0.0453. The van der Waals surface area contributed by atoms with E-state index < -0.39 is 11.6 Å². The number of ether oxygens (including phenoxy) is 1. The largest absolute Gasteiger partial charge is 0.494 e. The van der Waals surface area contributed by atoms with Crippen molar-refractivity contribution in [1.29, 1.82) is 0 Å². The van der Waals surface area contributed by atoms with Crippen LogP contribution in [0.5, 0.6) is 5.75 Å². The molecule has 0 bridgehead atoms. The molecule has 6 heteroatoms. The first kappa shape index (κ1) is 12.8. The smallest absolute Gasteiger partial charge is 0.228 e. The van der Waals surface area contributed by atoms with E-state index in [9.17, 15) is 13.6 Å². The van der Waals surface area contributed by atoms with Crippen LogP contribution in [0.25, 0.3) is 0 Å². The third-order valence-electron chi connectivity index (χ3n) is 3.05. The molecule has 98 valence electrons. The molecule has 1 aliphatic heterocycles. The lowest BCUT2D eigenvalue weighted by atomic mass is 10.2. The van der Waals surface area contributed by atoms with Crippen LogP contribution in [0.15, 0.2) is 12.1 Å². The summed E-state index contributed by atoms with van der Waals surface area (Å²) in [6.45, 7) is 0.331. The van der Waals surface area contributed by atoms with Crippen molar-refractivity contribution >= 4 is 11.6 Å². The van der Waals surface area contributed by atoms with Gasteiger partial charge in [0.25, 0.3) is 0 Å². The summed E-state index contributed by atoms with van der Waals surface area (Å²) in [5.74, 6) is -1.75. The normalized spacial score (nSPS) is 19.4. The average Bonchev–Trinajstić information content (AvgIpc) is 2.73. The minimum absolute atomic E-state index is 0.0398. The van der Waals surface area contributed by atoms with E-state index in [4.69, 9.17) is 0 Å². The Bertz CT molecular complexity index is 479. The number of nitrogens with one attached hydrogen (secondary N) is 1. The van der Waals surface area contributed by atoms with Gasteiger partial charge in [-0.15, -0.1) is 0 Å². The van der Waals surface area contributed by atoms with Crippen molar-refractivity contribution < 1.29 is 18.3 Å². The molecule has 1 aromatic rings. The van der Waals surface area contributed by atoms with Crippen molar-refractivity contribution in [2.24, 2.45) is 0 Å². The fourth-order valence-corrected chi connectivity index (χ4v) is 2.02. The number of amides is 1. The maximum absolute atomic E-state index is 13.8. The van der Waals surface area contributed by atoms with Crippen LogP contribution in [-0.4, -0.2) is 32.7 Å². The summed E-state index contributed by atoms with van der Waals surface area (Å²) in [4.78, 5) is 13.0. The van der Waals surface area contributed by atoms with Crippen LogP contribution < -0.4 is 15.0 Å². The van der Waals surface area contributed by atoms with Gasteiger partial charge in [0.05, 0.1) is 12.8 Å². The Hall–Kier alpha value is -1.69. The molecule has 1 aromatic carbocycles. The van der Waals surface area contributed by atoms with Crippen molar-refractivity contribution in [2.75, 3.05) is 25.6 Å². The molecule has 1 amide bonds. The summed E-state index contributed by atoms with van der Waals surface area (Å²) in [6.07, 6.45) is 0.281. The van der Waals surface area contributed by atoms with Crippen molar-refractivity contribution in [3.63, 3.8) is 0 Å². The number of carbonyl (C=O) groups excluding carboxylic acids is 1. The second-order valence-corrected chi connectivity index (χ2v) is 4.13. The van der Waals surface area contributed by atoms with E-state index in [-0.39, 0.29) is 29.8 Å². The van der Waals surface area contributed by atoms with Gasteiger partial charge in [-0.25, -0.2) is 8.78 Å². The quantitative estimate of drug-likeness (QED) is 0.886. The number of hydrogen-bond donors (Lipinski definition) is 1. The molecule has 1 saturated heterocycles. The number of hydrogen-bond acceptors (Lipinski definition) is 3. The highest BCUT2D eigenvalue weighted by Gasteiger charge is 2.31. The van der Waals surface area contributed by atoms with Gasteiger partial charge in [-0.05, 0) is 7.05 Å². The maximum atomic E-state index is 13.8. The van der Waals surface area contributed by atoms with Crippen LogP contribution in [0.3, 0.4) is 0 Å². The molecule has 1 heterocycles. The number of likely N-dealkylation sites (N-methyl/N-ethyl adjacent to an activating group) is 1. The van der Waals surface area contributed by atoms with Crippen molar-refractivity contribution in [2.45, 2.75) is 12.5 Å². The molecule has 1 aliphatic rings. The second-order valence-electron chi connectivity index (χ2n) is 4.13. The Morgan fingerprint density at radius 3 is 2.67 bits per heavy atom. The minimum atomic E-state index is -0.686. The molecule has 1 N–H and O–H groups in total. The molecule has 0 aromatic heterocycles. The molecule has 18 heavy (non-hydrogen) atoms. The van der Waals surface area contributed by atoms with Crippen molar-refractivity contribution in [1.82, 2.24) is 5.32 Å². The molecule has 0 radical (unpaired) electrons. The molecule has 1 atom stereocenters. The summed E-state index contributed by atoms with van der Waals surface area (Å²) >= 11 is 0. The van der Waals surface area contributed by atoms with Gasteiger partial charge in [0.1, 0.15) is 0 Å². The summed E-state index contributed by atoms with van der Waals surface area (Å²) < 4.78 is 32.0. The second kappa shape index (κ2) is 4.89. The van der Waals surface area contributed by atoms with Gasteiger partial charge < -0.3 is 15.0 Å². The Morgan fingerprint density at radius 2 is 2.11 bits per heavy atom. The molecule has 0 spiro atoms. The van der Waals surface area contributed by atoms with Crippen LogP contribution in [0.2, 0.25) is 0 Å². The SMILES string of the molecule is CNC1CC(=O)N(c2cc(F)c(OC)cc2F)C1. The number of carbonyl (C=O) groups is 1. The molecule has 1 unspecified atom stereocenters. The summed E-state index contributed by atoms with van der Waals surface area (Å²) in [6, 6.07) is 1.90. The van der Waals surface area contributed by atoms with Gasteiger partial charge in [0.15, 0.2) is 17.4 Å². The van der Waals surface area contributed by atoms with Gasteiger partial charge in [-0.1, -0.05) is 0 Å². The Balaban J connectivity index is 2.34. The van der Waals surface area contributed by atoms with E-state index >= 15 is 0 Å². The van der Waals surface area contributed by atoms with Crippen LogP contribution >= 0.6 is 0 Å². The zero-order valence-electron chi connectivity index (χ0n) is 10.2. The zero-order chi connectivity index (χ0) is 13.3. The molecule has 4 nitrogen and oxygen atoms in total. The number of anilines is 1. The minimum Gasteiger partial charge on any atom is -0.494 e. The van der Waals surface area contributed by atoms with Gasteiger partial charge in [0.2, 0.25) is 5.91 Å². The van der Waals surface area contributed by atoms with Crippen molar-refractivity contribution in [3.8, 4) is 5.75 Å². The van der Waals surface area contributed by atoms with Gasteiger partial charge in [-0.3, -0.25) is 4.79 Å². The van der Waals surface area contributed by atoms with Gasteiger partial charge >= 0.3 is 0 Å². The fourth-order valence-electron chi connectivity index (χ4n) is 2.02. The summed E-state index contributed by atoms with van der Waals surface area (Å²) in [7, 11) is 2.99. The number of halogens is 2. The van der Waals surface area contributed by atoms with Crippen LogP contribution in [-0.2, 0) is 4.79 Å². The lowest BCUT2D eigenvalue weighted by Gasteiger charge is -2.18. The lowest BCUT2D eigenvalue weighted by molar-refractivity contribution is -0.117. The molecule has 0 saturated carbocycles. The molecule has 2 rings (SSSR count). The molecule has 0 aliphatic carbocycles. The number of methoxy groups -OCH3 is 1. The third kappa shape index (κ3) is 2.15. The van der Waals surface area contributed by atoms with Crippen LogP contribution in [0.4, 0.5) is 14.5 Å². The monoisotopic (exact) mass is 256 g/mol. The van der Waals surface area contributed by atoms with E-state index in [0.29, 0.717) is 6.54 Å². The standard InChI is InChI=1S/C12H14F2N2O2/c1-15-7-3-12(17)16(6-7)10-4-9(14)11(18-2)5-8(10)13/h4-5,7,15H,3,6H2,1-2H3. The van der Waals surface area contributed by atoms with E-state index in [2.05, 4.69) is 10.1 Å². The first-order valence-electron chi connectivity index (χ1n) is 5.57. The Kier molecular flexibility index (Phi) is 3.47. The lowest BCUT2D eigenvalue weighted by Crippen LogP contribution is -2.30. The van der Waals surface area contributed by atoms with E-state index in [0.717, 1.165) is 12.1 Å². The highest BCUT2D eigenvalue weighted by Crippen LogP contribution is 2.30. The Morgan fingerprint density at radius 1 is 1.39 bits per heavy atom.